The van der Waals surface area contributed by atoms with Gasteiger partial charge in [-0.3, -0.25) is 14.5 Å². The second-order valence-electron chi connectivity index (χ2n) is 8.58. The summed E-state index contributed by atoms with van der Waals surface area (Å²) in [5.74, 6) is -1.50. The summed E-state index contributed by atoms with van der Waals surface area (Å²) in [5.41, 5.74) is 1.68. The predicted octanol–water partition coefficient (Wildman–Crippen LogP) is 6.05. The lowest BCUT2D eigenvalue weighted by Crippen LogP contribution is -2.32. The highest BCUT2D eigenvalue weighted by Crippen LogP contribution is 2.29. The normalized spacial score (nSPS) is 15.0. The third-order valence-electron chi connectivity index (χ3n) is 5.80. The van der Waals surface area contributed by atoms with Gasteiger partial charge in [0.1, 0.15) is 11.6 Å². The molecule has 1 fully saturated rings. The summed E-state index contributed by atoms with van der Waals surface area (Å²) in [6, 6.07) is 8.36. The average molecular weight is 506 g/mol. The van der Waals surface area contributed by atoms with E-state index in [4.69, 9.17) is 11.6 Å². The Morgan fingerprint density at radius 3 is 2.20 bits per heavy atom. The van der Waals surface area contributed by atoms with Gasteiger partial charge in [-0.05, 0) is 74.8 Å². The van der Waals surface area contributed by atoms with Gasteiger partial charge >= 0.3 is 6.09 Å². The SMILES string of the molecule is C[C@H](c1cc(F)cc(F)c1)N(C(=O)O)c1ccc(Cl)cc1.Cn1cc(CN2CCCCCC2)nn1. The van der Waals surface area contributed by atoms with Gasteiger partial charge in [0, 0.05) is 36.6 Å². The second-order valence-corrected chi connectivity index (χ2v) is 9.02. The Kier molecular flexibility index (Phi) is 9.56. The molecule has 0 bridgehead atoms. The minimum atomic E-state index is -1.23. The van der Waals surface area contributed by atoms with Crippen molar-refractivity contribution in [2.75, 3.05) is 18.0 Å². The molecule has 1 aliphatic rings. The fraction of sp³-hybridized carbons (Fsp3) is 0.400. The number of carboxylic acid groups (broad SMARTS) is 1. The molecule has 0 unspecified atom stereocenters. The first kappa shape index (κ1) is 26.6. The number of hydrogen-bond donors (Lipinski definition) is 1. The van der Waals surface area contributed by atoms with Crippen molar-refractivity contribution in [1.82, 2.24) is 19.9 Å². The molecule has 4 rings (SSSR count). The van der Waals surface area contributed by atoms with Gasteiger partial charge in [-0.2, -0.15) is 0 Å². The van der Waals surface area contributed by atoms with Crippen molar-refractivity contribution in [2.24, 2.45) is 7.05 Å². The molecule has 0 spiro atoms. The Morgan fingerprint density at radius 2 is 1.69 bits per heavy atom. The Morgan fingerprint density at radius 1 is 1.09 bits per heavy atom. The van der Waals surface area contributed by atoms with Crippen LogP contribution < -0.4 is 4.90 Å². The van der Waals surface area contributed by atoms with E-state index in [0.29, 0.717) is 10.7 Å². The summed E-state index contributed by atoms with van der Waals surface area (Å²) in [5, 5.41) is 17.9. The van der Waals surface area contributed by atoms with Crippen molar-refractivity contribution in [2.45, 2.75) is 45.2 Å². The van der Waals surface area contributed by atoms with Crippen LogP contribution in [0.3, 0.4) is 0 Å². The molecule has 3 aromatic rings. The van der Waals surface area contributed by atoms with Crippen molar-refractivity contribution in [1.29, 1.82) is 0 Å². The molecule has 188 valence electrons. The topological polar surface area (TPSA) is 74.5 Å². The van der Waals surface area contributed by atoms with Crippen LogP contribution in [0, 0.1) is 11.6 Å². The van der Waals surface area contributed by atoms with E-state index >= 15 is 0 Å². The first-order valence-electron chi connectivity index (χ1n) is 11.5. The van der Waals surface area contributed by atoms with Crippen molar-refractivity contribution in [3.63, 3.8) is 0 Å². The molecule has 35 heavy (non-hydrogen) atoms. The minimum Gasteiger partial charge on any atom is -0.465 e. The molecule has 0 saturated carbocycles. The zero-order valence-electron chi connectivity index (χ0n) is 19.9. The van der Waals surface area contributed by atoms with Gasteiger partial charge in [0.15, 0.2) is 0 Å². The number of likely N-dealkylation sites (tertiary alicyclic amines) is 1. The number of amides is 1. The molecule has 2 heterocycles. The standard InChI is InChI=1S/C15H12ClF2NO2.C10H18N4/c1-9(10-6-12(17)8-13(18)7-10)19(15(20)21)14-4-2-11(16)3-5-14;1-13-8-10(11-12-13)9-14-6-4-2-3-5-7-14/h2-9H,1H3,(H,20,21);8H,2-7,9H2,1H3/t9-;/m1./s1. The number of rotatable bonds is 5. The maximum absolute atomic E-state index is 13.3. The molecule has 2 aromatic carbocycles. The maximum atomic E-state index is 13.3. The van der Waals surface area contributed by atoms with Crippen LogP contribution in [0.15, 0.2) is 48.7 Å². The number of aryl methyl sites for hydroxylation is 1. The molecule has 1 amide bonds. The third-order valence-corrected chi connectivity index (χ3v) is 6.05. The van der Waals surface area contributed by atoms with E-state index in [1.165, 1.54) is 50.9 Å². The van der Waals surface area contributed by atoms with Crippen LogP contribution in [0.4, 0.5) is 19.3 Å². The summed E-state index contributed by atoms with van der Waals surface area (Å²) in [6.07, 6.45) is 6.22. The fourth-order valence-corrected chi connectivity index (χ4v) is 4.18. The van der Waals surface area contributed by atoms with Gasteiger partial charge in [-0.1, -0.05) is 29.7 Å². The summed E-state index contributed by atoms with van der Waals surface area (Å²) in [6.45, 7) is 4.96. The number of benzene rings is 2. The van der Waals surface area contributed by atoms with Crippen LogP contribution in [-0.2, 0) is 13.6 Å². The molecule has 1 saturated heterocycles. The van der Waals surface area contributed by atoms with E-state index < -0.39 is 23.8 Å². The Balaban J connectivity index is 0.000000211. The molecule has 1 N–H and O–H groups in total. The van der Waals surface area contributed by atoms with Crippen molar-refractivity contribution >= 4 is 23.4 Å². The number of halogens is 3. The highest BCUT2D eigenvalue weighted by molar-refractivity contribution is 6.30. The van der Waals surface area contributed by atoms with Gasteiger partial charge in [0.25, 0.3) is 0 Å². The first-order chi connectivity index (χ1) is 16.7. The van der Waals surface area contributed by atoms with Crippen LogP contribution in [0.2, 0.25) is 5.02 Å². The van der Waals surface area contributed by atoms with Crippen LogP contribution in [-0.4, -0.2) is 44.2 Å². The highest BCUT2D eigenvalue weighted by atomic mass is 35.5. The second kappa shape index (κ2) is 12.6. The summed E-state index contributed by atoms with van der Waals surface area (Å²) in [7, 11) is 1.92. The zero-order valence-corrected chi connectivity index (χ0v) is 20.6. The molecule has 1 atom stereocenters. The van der Waals surface area contributed by atoms with Crippen LogP contribution in [0.1, 0.15) is 49.9 Å². The molecule has 10 heteroatoms. The number of carbonyl (C=O) groups is 1. The van der Waals surface area contributed by atoms with Gasteiger partial charge in [-0.25, -0.2) is 13.6 Å². The van der Waals surface area contributed by atoms with E-state index in [-0.39, 0.29) is 5.56 Å². The zero-order chi connectivity index (χ0) is 25.4. The van der Waals surface area contributed by atoms with Crippen LogP contribution >= 0.6 is 11.6 Å². The van der Waals surface area contributed by atoms with Crippen molar-refractivity contribution < 1.29 is 18.7 Å². The lowest BCUT2D eigenvalue weighted by Gasteiger charge is -2.27. The number of anilines is 1. The molecular formula is C25H30ClF2N5O2. The number of aromatic nitrogens is 3. The van der Waals surface area contributed by atoms with Crippen molar-refractivity contribution in [3.8, 4) is 0 Å². The lowest BCUT2D eigenvalue weighted by molar-refractivity contribution is 0.199. The molecule has 0 aliphatic carbocycles. The number of nitrogens with zero attached hydrogens (tertiary/aromatic N) is 5. The quantitative estimate of drug-likeness (QED) is 0.456. The molecule has 1 aliphatic heterocycles. The Labute approximate surface area is 208 Å². The predicted molar refractivity (Wildman–Crippen MR) is 131 cm³/mol. The minimum absolute atomic E-state index is 0.227. The van der Waals surface area contributed by atoms with E-state index in [9.17, 15) is 18.7 Å². The Bertz CT molecular complexity index is 1080. The summed E-state index contributed by atoms with van der Waals surface area (Å²) < 4.78 is 28.3. The fourth-order valence-electron chi connectivity index (χ4n) is 4.06. The van der Waals surface area contributed by atoms with Crippen LogP contribution in [0.25, 0.3) is 0 Å². The molecule has 7 nitrogen and oxygen atoms in total. The monoisotopic (exact) mass is 505 g/mol. The van der Waals surface area contributed by atoms with E-state index in [2.05, 4.69) is 15.2 Å². The van der Waals surface area contributed by atoms with Crippen molar-refractivity contribution in [3.05, 3.63) is 76.6 Å². The number of hydrogen-bond acceptors (Lipinski definition) is 4. The van der Waals surface area contributed by atoms with Gasteiger partial charge in [-0.15, -0.1) is 5.10 Å². The van der Waals surface area contributed by atoms with Gasteiger partial charge in [0.05, 0.1) is 11.7 Å². The molecule has 0 radical (unpaired) electrons. The lowest BCUT2D eigenvalue weighted by atomic mass is 10.1. The van der Waals surface area contributed by atoms with Crippen LogP contribution in [0.5, 0.6) is 0 Å². The van der Waals surface area contributed by atoms with E-state index in [1.807, 2.05) is 13.2 Å². The third kappa shape index (κ3) is 8.00. The largest absolute Gasteiger partial charge is 0.465 e. The maximum Gasteiger partial charge on any atom is 0.412 e. The van der Waals surface area contributed by atoms with E-state index in [0.717, 1.165) is 35.3 Å². The summed E-state index contributed by atoms with van der Waals surface area (Å²) in [4.78, 5) is 15.0. The van der Waals surface area contributed by atoms with Gasteiger partial charge in [0.2, 0.25) is 0 Å². The first-order valence-corrected chi connectivity index (χ1v) is 11.9. The summed E-state index contributed by atoms with van der Waals surface area (Å²) >= 11 is 5.77. The average Bonchev–Trinajstić information content (AvgIpc) is 3.03. The smallest absolute Gasteiger partial charge is 0.412 e. The highest BCUT2D eigenvalue weighted by Gasteiger charge is 2.23. The molecular weight excluding hydrogens is 476 g/mol. The Hall–Kier alpha value is -3.04. The van der Waals surface area contributed by atoms with E-state index in [1.54, 1.807) is 23.7 Å². The van der Waals surface area contributed by atoms with Gasteiger partial charge < -0.3 is 5.11 Å². The molecule has 1 aromatic heterocycles.